The molecular formula is C19H36IN3OS. The van der Waals surface area contributed by atoms with Crippen molar-refractivity contribution in [1.29, 1.82) is 0 Å². The fourth-order valence-electron chi connectivity index (χ4n) is 3.44. The lowest BCUT2D eigenvalue weighted by Crippen LogP contribution is -2.41. The number of rotatable bonds is 8. The van der Waals surface area contributed by atoms with E-state index in [9.17, 15) is 0 Å². The van der Waals surface area contributed by atoms with Gasteiger partial charge in [-0.15, -0.1) is 24.0 Å². The highest BCUT2D eigenvalue weighted by Crippen LogP contribution is 2.35. The van der Waals surface area contributed by atoms with Gasteiger partial charge in [0, 0.05) is 31.1 Å². The Morgan fingerprint density at radius 1 is 1.24 bits per heavy atom. The zero-order valence-corrected chi connectivity index (χ0v) is 19.1. The van der Waals surface area contributed by atoms with Crippen molar-refractivity contribution in [3.8, 4) is 0 Å². The van der Waals surface area contributed by atoms with Crippen LogP contribution in [0.3, 0.4) is 0 Å². The van der Waals surface area contributed by atoms with Gasteiger partial charge < -0.3 is 15.4 Å². The normalized spacial score (nSPS) is 20.4. The summed E-state index contributed by atoms with van der Waals surface area (Å²) in [4.78, 5) is 4.91. The first-order valence-corrected chi connectivity index (χ1v) is 10.7. The average molecular weight is 481 g/mol. The highest BCUT2D eigenvalue weighted by molar-refractivity contribution is 14.0. The number of guanidine groups is 1. The van der Waals surface area contributed by atoms with Gasteiger partial charge in [-0.1, -0.05) is 18.6 Å². The van der Waals surface area contributed by atoms with Gasteiger partial charge in [0.1, 0.15) is 0 Å². The third-order valence-corrected chi connectivity index (χ3v) is 6.29. The summed E-state index contributed by atoms with van der Waals surface area (Å²) in [6.45, 7) is 8.90. The van der Waals surface area contributed by atoms with Crippen molar-refractivity contribution in [3.63, 3.8) is 0 Å². The lowest BCUT2D eigenvalue weighted by molar-refractivity contribution is 0.0793. The molecule has 6 heteroatoms. The predicted molar refractivity (Wildman–Crippen MR) is 121 cm³/mol. The van der Waals surface area contributed by atoms with Gasteiger partial charge in [0.05, 0.1) is 6.54 Å². The van der Waals surface area contributed by atoms with Gasteiger partial charge in [0.25, 0.3) is 0 Å². The SMILES string of the molecule is CCNC(=NCC1(SCC)CCOCC1)NCCC1=CCCCC1.I. The van der Waals surface area contributed by atoms with Crippen LogP contribution < -0.4 is 10.6 Å². The van der Waals surface area contributed by atoms with Crippen molar-refractivity contribution in [2.75, 3.05) is 38.6 Å². The Kier molecular flexibility index (Phi) is 12.2. The zero-order valence-electron chi connectivity index (χ0n) is 15.9. The summed E-state index contributed by atoms with van der Waals surface area (Å²) in [5, 5.41) is 6.92. The number of ether oxygens (including phenoxy) is 1. The third kappa shape index (κ3) is 8.52. The Labute approximate surface area is 175 Å². The van der Waals surface area contributed by atoms with Crippen molar-refractivity contribution >= 4 is 41.7 Å². The zero-order chi connectivity index (χ0) is 17.1. The van der Waals surface area contributed by atoms with Gasteiger partial charge in [-0.3, -0.25) is 4.99 Å². The van der Waals surface area contributed by atoms with E-state index >= 15 is 0 Å². The molecule has 1 aliphatic carbocycles. The lowest BCUT2D eigenvalue weighted by atomic mass is 9.97. The molecule has 2 rings (SSSR count). The van der Waals surface area contributed by atoms with Gasteiger partial charge in [-0.05, 0) is 57.6 Å². The molecule has 2 aliphatic rings. The van der Waals surface area contributed by atoms with Crippen molar-refractivity contribution in [1.82, 2.24) is 10.6 Å². The molecule has 0 saturated carbocycles. The number of aliphatic imine (C=N–C) groups is 1. The molecule has 0 radical (unpaired) electrons. The Balaban J connectivity index is 0.00000312. The smallest absolute Gasteiger partial charge is 0.191 e. The molecule has 0 unspecified atom stereocenters. The minimum Gasteiger partial charge on any atom is -0.381 e. The number of nitrogens with one attached hydrogen (secondary N) is 2. The number of thioether (sulfide) groups is 1. The number of hydrogen-bond acceptors (Lipinski definition) is 3. The molecule has 0 aromatic carbocycles. The molecule has 0 spiro atoms. The summed E-state index contributed by atoms with van der Waals surface area (Å²) in [6, 6.07) is 0. The lowest BCUT2D eigenvalue weighted by Gasteiger charge is -2.35. The molecule has 2 N–H and O–H groups in total. The number of allylic oxidation sites excluding steroid dienone is 1. The first kappa shape index (κ1) is 23.1. The molecule has 0 aromatic heterocycles. The van der Waals surface area contributed by atoms with E-state index in [0.717, 1.165) is 63.8 Å². The maximum atomic E-state index is 5.56. The first-order valence-electron chi connectivity index (χ1n) is 9.70. The molecule has 0 aromatic rings. The summed E-state index contributed by atoms with van der Waals surface area (Å²) in [5.74, 6) is 2.12. The topological polar surface area (TPSA) is 45.7 Å². The van der Waals surface area contributed by atoms with E-state index < -0.39 is 0 Å². The van der Waals surface area contributed by atoms with E-state index in [2.05, 4.69) is 42.3 Å². The van der Waals surface area contributed by atoms with Crippen LogP contribution in [0.4, 0.5) is 0 Å². The molecular weight excluding hydrogens is 445 g/mol. The predicted octanol–water partition coefficient (Wildman–Crippen LogP) is 4.35. The molecule has 4 nitrogen and oxygen atoms in total. The van der Waals surface area contributed by atoms with Crippen LogP contribution in [0, 0.1) is 0 Å². The minimum absolute atomic E-state index is 0. The molecule has 1 saturated heterocycles. The van der Waals surface area contributed by atoms with Crippen molar-refractivity contribution in [3.05, 3.63) is 11.6 Å². The van der Waals surface area contributed by atoms with Crippen LogP contribution in [0.15, 0.2) is 16.6 Å². The molecule has 25 heavy (non-hydrogen) atoms. The van der Waals surface area contributed by atoms with E-state index in [4.69, 9.17) is 9.73 Å². The fourth-order valence-corrected chi connectivity index (χ4v) is 4.66. The Bertz CT molecular complexity index is 417. The monoisotopic (exact) mass is 481 g/mol. The largest absolute Gasteiger partial charge is 0.381 e. The van der Waals surface area contributed by atoms with Crippen molar-refractivity contribution in [2.45, 2.75) is 63.5 Å². The van der Waals surface area contributed by atoms with Crippen LogP contribution in [0.25, 0.3) is 0 Å². The molecule has 0 bridgehead atoms. The quantitative estimate of drug-likeness (QED) is 0.234. The molecule has 0 amide bonds. The van der Waals surface area contributed by atoms with Crippen LogP contribution in [-0.2, 0) is 4.74 Å². The van der Waals surface area contributed by atoms with E-state index in [-0.39, 0.29) is 28.7 Å². The summed E-state index contributed by atoms with van der Waals surface area (Å²) in [5.41, 5.74) is 1.62. The maximum absolute atomic E-state index is 5.56. The second kappa shape index (κ2) is 13.3. The summed E-state index contributed by atoms with van der Waals surface area (Å²) in [7, 11) is 0. The molecule has 1 heterocycles. The van der Waals surface area contributed by atoms with E-state index in [0.29, 0.717) is 0 Å². The van der Waals surface area contributed by atoms with Crippen LogP contribution in [0.1, 0.15) is 58.8 Å². The Morgan fingerprint density at radius 2 is 2.04 bits per heavy atom. The second-order valence-corrected chi connectivity index (χ2v) is 8.44. The first-order chi connectivity index (χ1) is 11.8. The van der Waals surface area contributed by atoms with Crippen molar-refractivity contribution < 1.29 is 4.74 Å². The molecule has 0 atom stereocenters. The summed E-state index contributed by atoms with van der Waals surface area (Å²) >= 11 is 2.05. The van der Waals surface area contributed by atoms with Crippen LogP contribution in [0.2, 0.25) is 0 Å². The van der Waals surface area contributed by atoms with Crippen molar-refractivity contribution in [2.24, 2.45) is 4.99 Å². The Morgan fingerprint density at radius 3 is 2.68 bits per heavy atom. The van der Waals surface area contributed by atoms with Gasteiger partial charge in [0.15, 0.2) is 5.96 Å². The summed E-state index contributed by atoms with van der Waals surface area (Å²) < 4.78 is 5.82. The number of nitrogens with zero attached hydrogens (tertiary/aromatic N) is 1. The van der Waals surface area contributed by atoms with Gasteiger partial charge in [0.2, 0.25) is 0 Å². The standard InChI is InChI=1S/C19H35N3OS.HI/c1-3-20-18(21-13-10-17-8-6-5-7-9-17)22-16-19(24-4-2)11-14-23-15-12-19;/h8H,3-7,9-16H2,1-2H3,(H2,20,21,22);1H. The Hall–Kier alpha value is 0.0500. The number of hydrogen-bond donors (Lipinski definition) is 2. The van der Waals surface area contributed by atoms with E-state index in [1.165, 1.54) is 25.7 Å². The van der Waals surface area contributed by atoms with Gasteiger partial charge in [-0.25, -0.2) is 0 Å². The van der Waals surface area contributed by atoms with Crippen LogP contribution >= 0.6 is 35.7 Å². The van der Waals surface area contributed by atoms with Crippen LogP contribution in [0.5, 0.6) is 0 Å². The number of halogens is 1. The second-order valence-electron chi connectivity index (χ2n) is 6.71. The third-order valence-electron chi connectivity index (χ3n) is 4.85. The average Bonchev–Trinajstić information content (AvgIpc) is 2.62. The molecule has 1 aliphatic heterocycles. The fraction of sp³-hybridized carbons (Fsp3) is 0.842. The van der Waals surface area contributed by atoms with Gasteiger partial charge in [-0.2, -0.15) is 11.8 Å². The molecule has 1 fully saturated rings. The minimum atomic E-state index is 0. The molecule has 146 valence electrons. The van der Waals surface area contributed by atoms with E-state index in [1.807, 2.05) is 0 Å². The van der Waals surface area contributed by atoms with Crippen LogP contribution in [-0.4, -0.2) is 49.3 Å². The maximum Gasteiger partial charge on any atom is 0.191 e. The highest BCUT2D eigenvalue weighted by Gasteiger charge is 2.32. The summed E-state index contributed by atoms with van der Waals surface area (Å²) in [6.07, 6.45) is 11.1. The highest BCUT2D eigenvalue weighted by atomic mass is 127. The van der Waals surface area contributed by atoms with E-state index in [1.54, 1.807) is 5.57 Å². The van der Waals surface area contributed by atoms with Gasteiger partial charge >= 0.3 is 0 Å².